The lowest BCUT2D eigenvalue weighted by Gasteiger charge is -2.20. The Balaban J connectivity index is 2.78. The zero-order valence-electron chi connectivity index (χ0n) is 10.7. The number of benzene rings is 1. The molecule has 1 aromatic rings. The smallest absolute Gasteiger partial charge is 0.338 e. The predicted octanol–water partition coefficient (Wildman–Crippen LogP) is 3.05. The van der Waals surface area contributed by atoms with Crippen molar-refractivity contribution in [2.24, 2.45) is 0 Å². The molecule has 1 aromatic carbocycles. The van der Waals surface area contributed by atoms with E-state index >= 15 is 0 Å². The lowest BCUT2D eigenvalue weighted by Crippen LogP contribution is -2.24. The second-order valence-electron chi connectivity index (χ2n) is 4.71. The van der Waals surface area contributed by atoms with Crippen LogP contribution in [0.3, 0.4) is 0 Å². The summed E-state index contributed by atoms with van der Waals surface area (Å²) in [6.07, 6.45) is 0. The predicted molar refractivity (Wildman–Crippen MR) is 67.9 cm³/mol. The third kappa shape index (κ3) is 3.94. The van der Waals surface area contributed by atoms with Gasteiger partial charge in [0.2, 0.25) is 0 Å². The Hall–Kier alpha value is -1.77. The molecule has 0 spiro atoms. The molecule has 3 heteroatoms. The molecule has 17 heavy (non-hydrogen) atoms. The number of ether oxygens (including phenoxy) is 2. The van der Waals surface area contributed by atoms with Gasteiger partial charge in [0.1, 0.15) is 11.4 Å². The van der Waals surface area contributed by atoms with Crippen LogP contribution in [0.2, 0.25) is 0 Å². The molecule has 0 bridgehead atoms. The molecule has 0 saturated heterocycles. The topological polar surface area (TPSA) is 35.5 Å². The van der Waals surface area contributed by atoms with Gasteiger partial charge in [-0.15, -0.1) is 0 Å². The Morgan fingerprint density at radius 3 is 2.12 bits per heavy atom. The summed E-state index contributed by atoms with van der Waals surface area (Å²) in [6.45, 7) is 9.23. The standard InChI is InChI=1S/C14H18O3/c1-10(13(15)17-14(2,3)4)11-6-8-12(16-5)9-7-11/h6-9H,1H2,2-5H3. The minimum absolute atomic E-state index is 0.350. The molecule has 3 nitrogen and oxygen atoms in total. The minimum atomic E-state index is -0.507. The first-order chi connectivity index (χ1) is 7.83. The Morgan fingerprint density at radius 2 is 1.71 bits per heavy atom. The molecule has 0 aliphatic rings. The molecule has 0 amide bonds. The van der Waals surface area contributed by atoms with Crippen molar-refractivity contribution in [3.63, 3.8) is 0 Å². The summed E-state index contributed by atoms with van der Waals surface area (Å²) in [5.41, 5.74) is 0.578. The fraction of sp³-hybridized carbons (Fsp3) is 0.357. The monoisotopic (exact) mass is 234 g/mol. The Kier molecular flexibility index (Phi) is 3.94. The summed E-state index contributed by atoms with van der Waals surface area (Å²) in [5.74, 6) is 0.341. The van der Waals surface area contributed by atoms with E-state index < -0.39 is 11.6 Å². The molecule has 0 N–H and O–H groups in total. The van der Waals surface area contributed by atoms with Gasteiger partial charge in [-0.25, -0.2) is 4.79 Å². The summed E-state index contributed by atoms with van der Waals surface area (Å²) in [5, 5.41) is 0. The molecule has 0 atom stereocenters. The quantitative estimate of drug-likeness (QED) is 0.595. The molecule has 0 aliphatic carbocycles. The lowest BCUT2D eigenvalue weighted by atomic mass is 10.1. The van der Waals surface area contributed by atoms with Gasteiger partial charge in [-0.3, -0.25) is 0 Å². The van der Waals surface area contributed by atoms with Gasteiger partial charge in [-0.05, 0) is 38.5 Å². The van der Waals surface area contributed by atoms with Gasteiger partial charge in [0.25, 0.3) is 0 Å². The van der Waals surface area contributed by atoms with E-state index in [4.69, 9.17) is 9.47 Å². The van der Waals surface area contributed by atoms with Crippen molar-refractivity contribution in [2.75, 3.05) is 7.11 Å². The van der Waals surface area contributed by atoms with Crippen LogP contribution in [-0.4, -0.2) is 18.7 Å². The second-order valence-corrected chi connectivity index (χ2v) is 4.71. The van der Waals surface area contributed by atoms with Gasteiger partial charge in [0, 0.05) is 0 Å². The van der Waals surface area contributed by atoms with Crippen molar-refractivity contribution < 1.29 is 14.3 Å². The first-order valence-electron chi connectivity index (χ1n) is 5.40. The van der Waals surface area contributed by atoms with E-state index in [1.54, 1.807) is 31.4 Å². The fourth-order valence-corrected chi connectivity index (χ4v) is 1.25. The molecule has 0 unspecified atom stereocenters. The van der Waals surface area contributed by atoms with Crippen LogP contribution in [0, 0.1) is 0 Å². The highest BCUT2D eigenvalue weighted by atomic mass is 16.6. The summed E-state index contributed by atoms with van der Waals surface area (Å²) in [7, 11) is 1.59. The second kappa shape index (κ2) is 5.04. The number of esters is 1. The van der Waals surface area contributed by atoms with Crippen LogP contribution in [0.5, 0.6) is 5.75 Å². The van der Waals surface area contributed by atoms with Gasteiger partial charge in [-0.1, -0.05) is 18.7 Å². The highest BCUT2D eigenvalue weighted by Crippen LogP contribution is 2.20. The first kappa shape index (κ1) is 13.3. The first-order valence-corrected chi connectivity index (χ1v) is 5.40. The maximum Gasteiger partial charge on any atom is 0.338 e. The number of methoxy groups -OCH3 is 1. The highest BCUT2D eigenvalue weighted by molar-refractivity contribution is 6.15. The molecular weight excluding hydrogens is 216 g/mol. The third-order valence-corrected chi connectivity index (χ3v) is 2.08. The number of rotatable bonds is 3. The van der Waals surface area contributed by atoms with Crippen molar-refractivity contribution in [1.82, 2.24) is 0 Å². The van der Waals surface area contributed by atoms with Crippen LogP contribution in [-0.2, 0) is 9.53 Å². The van der Waals surface area contributed by atoms with E-state index in [2.05, 4.69) is 6.58 Å². The maximum atomic E-state index is 11.8. The molecule has 0 saturated carbocycles. The summed E-state index contributed by atoms with van der Waals surface area (Å²) in [4.78, 5) is 11.8. The van der Waals surface area contributed by atoms with Gasteiger partial charge < -0.3 is 9.47 Å². The van der Waals surface area contributed by atoms with Gasteiger partial charge >= 0.3 is 5.97 Å². The molecule has 92 valence electrons. The molecule has 0 aromatic heterocycles. The number of hydrogen-bond donors (Lipinski definition) is 0. The largest absolute Gasteiger partial charge is 0.497 e. The zero-order valence-corrected chi connectivity index (χ0v) is 10.7. The molecule has 0 radical (unpaired) electrons. The number of carbonyl (C=O) groups is 1. The van der Waals surface area contributed by atoms with Crippen molar-refractivity contribution in [2.45, 2.75) is 26.4 Å². The molecule has 0 aliphatic heterocycles. The van der Waals surface area contributed by atoms with Gasteiger partial charge in [0.05, 0.1) is 12.7 Å². The van der Waals surface area contributed by atoms with Crippen LogP contribution < -0.4 is 4.74 Å². The lowest BCUT2D eigenvalue weighted by molar-refractivity contribution is -0.147. The summed E-state index contributed by atoms with van der Waals surface area (Å²) < 4.78 is 10.3. The van der Waals surface area contributed by atoms with Crippen molar-refractivity contribution in [3.8, 4) is 5.75 Å². The van der Waals surface area contributed by atoms with Crippen LogP contribution in [0.15, 0.2) is 30.8 Å². The van der Waals surface area contributed by atoms with Crippen LogP contribution in [0.25, 0.3) is 5.57 Å². The molecule has 0 fully saturated rings. The van der Waals surface area contributed by atoms with E-state index in [1.165, 1.54) is 0 Å². The van der Waals surface area contributed by atoms with Gasteiger partial charge in [-0.2, -0.15) is 0 Å². The van der Waals surface area contributed by atoms with Crippen LogP contribution in [0.1, 0.15) is 26.3 Å². The van der Waals surface area contributed by atoms with E-state index in [-0.39, 0.29) is 0 Å². The van der Waals surface area contributed by atoms with E-state index in [9.17, 15) is 4.79 Å². The van der Waals surface area contributed by atoms with Crippen molar-refractivity contribution in [1.29, 1.82) is 0 Å². The van der Waals surface area contributed by atoms with E-state index in [1.807, 2.05) is 20.8 Å². The summed E-state index contributed by atoms with van der Waals surface area (Å²) >= 11 is 0. The zero-order chi connectivity index (χ0) is 13.1. The van der Waals surface area contributed by atoms with Crippen molar-refractivity contribution >= 4 is 11.5 Å². The Bertz CT molecular complexity index is 410. The van der Waals surface area contributed by atoms with Crippen LogP contribution >= 0.6 is 0 Å². The molecule has 0 heterocycles. The number of hydrogen-bond acceptors (Lipinski definition) is 3. The highest BCUT2D eigenvalue weighted by Gasteiger charge is 2.19. The summed E-state index contributed by atoms with van der Waals surface area (Å²) in [6, 6.07) is 7.13. The van der Waals surface area contributed by atoms with Crippen LogP contribution in [0.4, 0.5) is 0 Å². The third-order valence-electron chi connectivity index (χ3n) is 2.08. The minimum Gasteiger partial charge on any atom is -0.497 e. The average molecular weight is 234 g/mol. The maximum absolute atomic E-state index is 11.8. The van der Waals surface area contributed by atoms with Gasteiger partial charge in [0.15, 0.2) is 0 Å². The normalized spacial score (nSPS) is 10.8. The SMILES string of the molecule is C=C(C(=O)OC(C)(C)C)c1ccc(OC)cc1. The fourth-order valence-electron chi connectivity index (χ4n) is 1.25. The van der Waals surface area contributed by atoms with E-state index in [0.29, 0.717) is 5.57 Å². The Morgan fingerprint density at radius 1 is 1.18 bits per heavy atom. The number of carbonyl (C=O) groups excluding carboxylic acids is 1. The molecular formula is C14H18O3. The average Bonchev–Trinajstić information content (AvgIpc) is 2.26. The molecule has 1 rings (SSSR count). The van der Waals surface area contributed by atoms with Crippen molar-refractivity contribution in [3.05, 3.63) is 36.4 Å². The van der Waals surface area contributed by atoms with E-state index in [0.717, 1.165) is 11.3 Å². The Labute approximate surface area is 102 Å².